The van der Waals surface area contributed by atoms with Crippen molar-refractivity contribution < 1.29 is 93.8 Å². The van der Waals surface area contributed by atoms with Crippen LogP contribution in [0.1, 0.15) is 0 Å². The SMILES string of the molecule is O[Si](O)(O)O.O[Si](O)(O)O.O[Si](O)(O)O.[Ca+2].[Cu+2].[O-][Si]([O-])([O-])[O-]. The third-order valence-electron chi connectivity index (χ3n) is 0. The van der Waals surface area contributed by atoms with Crippen molar-refractivity contribution in [2.45, 2.75) is 0 Å². The van der Waals surface area contributed by atoms with E-state index in [-0.39, 0.29) is 54.8 Å². The fraction of sp³-hybridized carbons (Fsp3) is 0. The van der Waals surface area contributed by atoms with Gasteiger partial charge in [0.1, 0.15) is 0 Å². The van der Waals surface area contributed by atoms with E-state index in [0.717, 1.165) is 0 Å². The third kappa shape index (κ3) is 2410. The van der Waals surface area contributed by atoms with Crippen molar-refractivity contribution in [3.05, 3.63) is 0 Å². The first-order chi connectivity index (χ1) is 8.00. The van der Waals surface area contributed by atoms with Crippen molar-refractivity contribution in [1.29, 1.82) is 0 Å². The average molecular weight is 484 g/mol. The summed E-state index contributed by atoms with van der Waals surface area (Å²) in [6, 6.07) is 0. The van der Waals surface area contributed by atoms with Gasteiger partial charge in [0.05, 0.1) is 0 Å². The van der Waals surface area contributed by atoms with Crippen LogP contribution in [0.3, 0.4) is 0 Å². The standard InChI is InChI=1S/Ca.Cu.3H4O4Si.O4Si/c;;4*1-5(2,3)4/h;;3*1-4H;/q2*+2;;;;-4. The molecule has 1 radical (unpaired) electrons. The molecule has 22 heavy (non-hydrogen) atoms. The molecule has 0 rings (SSSR count). The van der Waals surface area contributed by atoms with Gasteiger partial charge in [0.25, 0.3) is 0 Å². The maximum absolute atomic E-state index is 8.58. The van der Waals surface area contributed by atoms with Crippen LogP contribution in [-0.2, 0) is 17.1 Å². The smallest absolute Gasteiger partial charge is 0.894 e. The van der Waals surface area contributed by atoms with E-state index >= 15 is 0 Å². The van der Waals surface area contributed by atoms with E-state index in [0.29, 0.717) is 0 Å². The molecular formula is H12CaCuO16Si4. The van der Waals surface area contributed by atoms with E-state index in [1.165, 1.54) is 0 Å². The Balaban J connectivity index is -0.0000000376. The second kappa shape index (κ2) is 16.5. The minimum absolute atomic E-state index is 0. The molecule has 0 aromatic heterocycles. The van der Waals surface area contributed by atoms with Gasteiger partial charge in [0, 0.05) is 0 Å². The van der Waals surface area contributed by atoms with Gasteiger partial charge < -0.3 is 85.8 Å². The van der Waals surface area contributed by atoms with Crippen molar-refractivity contribution in [2.24, 2.45) is 0 Å². The van der Waals surface area contributed by atoms with Crippen LogP contribution in [0, 0.1) is 0 Å². The van der Waals surface area contributed by atoms with Crippen molar-refractivity contribution in [2.75, 3.05) is 0 Å². The van der Waals surface area contributed by atoms with Gasteiger partial charge in [0.15, 0.2) is 0 Å². The summed E-state index contributed by atoms with van der Waals surface area (Å²) in [6.07, 6.45) is 0. The Bertz CT molecular complexity index is 136. The van der Waals surface area contributed by atoms with Gasteiger partial charge in [-0.3, -0.25) is 0 Å². The summed E-state index contributed by atoms with van der Waals surface area (Å²) in [7, 11) is -19.4. The number of hydrogen-bond acceptors (Lipinski definition) is 16. The zero-order chi connectivity index (χ0) is 18.0. The van der Waals surface area contributed by atoms with Crippen LogP contribution in [0.15, 0.2) is 0 Å². The molecule has 0 heterocycles. The van der Waals surface area contributed by atoms with Gasteiger partial charge in [-0.05, 0) is 0 Å². The third-order valence-corrected chi connectivity index (χ3v) is 0. The molecule has 0 unspecified atom stereocenters. The van der Waals surface area contributed by atoms with Crippen LogP contribution in [0.4, 0.5) is 0 Å². The van der Waals surface area contributed by atoms with Crippen LogP contribution in [0.5, 0.6) is 0 Å². The molecule has 137 valence electrons. The molecule has 0 saturated carbocycles. The molecule has 0 amide bonds. The van der Waals surface area contributed by atoms with Gasteiger partial charge in [-0.15, -0.1) is 0 Å². The van der Waals surface area contributed by atoms with Crippen LogP contribution in [0.2, 0.25) is 0 Å². The zero-order valence-corrected chi connectivity index (χ0v) is 17.2. The van der Waals surface area contributed by atoms with Crippen molar-refractivity contribution in [3.63, 3.8) is 0 Å². The molecule has 0 aliphatic carbocycles. The van der Waals surface area contributed by atoms with Crippen LogP contribution in [0.25, 0.3) is 0 Å². The fourth-order valence-corrected chi connectivity index (χ4v) is 0. The topological polar surface area (TPSA) is 335 Å². The molecular weight excluding hydrogens is 472 g/mol. The summed E-state index contributed by atoms with van der Waals surface area (Å²) >= 11 is 0. The fourth-order valence-electron chi connectivity index (χ4n) is 0. The molecule has 12 N–H and O–H groups in total. The summed E-state index contributed by atoms with van der Waals surface area (Å²) in [5.41, 5.74) is 0. The van der Waals surface area contributed by atoms with E-state index in [4.69, 9.17) is 76.7 Å². The summed E-state index contributed by atoms with van der Waals surface area (Å²) in [6.45, 7) is 0. The van der Waals surface area contributed by atoms with Crippen LogP contribution in [-0.4, -0.2) is 131 Å². The average Bonchev–Trinajstić information content (AvgIpc) is 1.62. The second-order valence-electron chi connectivity index (χ2n) is 2.30. The molecule has 0 bridgehead atoms. The van der Waals surface area contributed by atoms with Crippen molar-refractivity contribution >= 4 is 73.9 Å². The summed E-state index contributed by atoms with van der Waals surface area (Å²) in [5.74, 6) is 0. The second-order valence-corrected chi connectivity index (χ2v) is 6.90. The predicted octanol–water partition coefficient (Wildman–Crippen LogP) is -13.3. The molecule has 0 atom stereocenters. The molecule has 0 spiro atoms. The Morgan fingerprint density at radius 3 is 0.409 bits per heavy atom. The Kier molecular flexibility index (Phi) is 29.3. The minimum Gasteiger partial charge on any atom is -0.894 e. The van der Waals surface area contributed by atoms with Gasteiger partial charge in [-0.1, -0.05) is 0 Å². The molecule has 0 aromatic rings. The van der Waals surface area contributed by atoms with E-state index in [1.54, 1.807) is 0 Å². The van der Waals surface area contributed by atoms with Crippen LogP contribution >= 0.6 is 0 Å². The molecule has 0 aliphatic heterocycles. The normalized spacial score (nSPS) is 10.9. The minimum atomic E-state index is -5.61. The van der Waals surface area contributed by atoms with E-state index in [9.17, 15) is 0 Å². The monoisotopic (exact) mass is 483 g/mol. The largest absolute Gasteiger partial charge is 2.00 e. The maximum Gasteiger partial charge on any atom is 2.00 e. The van der Waals surface area contributed by atoms with E-state index in [2.05, 4.69) is 0 Å². The molecule has 22 heteroatoms. The summed E-state index contributed by atoms with van der Waals surface area (Å²) in [5, 5.41) is 0. The summed E-state index contributed by atoms with van der Waals surface area (Å²) < 4.78 is 0. The van der Waals surface area contributed by atoms with Crippen molar-refractivity contribution in [1.82, 2.24) is 0 Å². The predicted molar refractivity (Wildman–Crippen MR) is 55.4 cm³/mol. The molecule has 0 aliphatic rings. The number of rotatable bonds is 0. The quantitative estimate of drug-likeness (QED) is 0.142. The zero-order valence-electron chi connectivity index (χ0n) is 10.0. The Morgan fingerprint density at radius 1 is 0.409 bits per heavy atom. The van der Waals surface area contributed by atoms with Crippen LogP contribution < -0.4 is 19.2 Å². The molecule has 0 saturated heterocycles. The first kappa shape index (κ1) is 39.2. The first-order valence-electron chi connectivity index (χ1n) is 3.50. The van der Waals surface area contributed by atoms with Gasteiger partial charge in [0.2, 0.25) is 0 Å². The molecule has 16 nitrogen and oxygen atoms in total. The Hall–Kier alpha value is 2.01. The summed E-state index contributed by atoms with van der Waals surface area (Å²) in [4.78, 5) is 122. The van der Waals surface area contributed by atoms with E-state index < -0.39 is 36.2 Å². The van der Waals surface area contributed by atoms with Gasteiger partial charge in [-0.2, -0.15) is 0 Å². The van der Waals surface area contributed by atoms with Gasteiger partial charge in [-0.25, -0.2) is 0 Å². The Morgan fingerprint density at radius 2 is 0.409 bits per heavy atom. The van der Waals surface area contributed by atoms with E-state index in [1.807, 2.05) is 0 Å². The molecule has 0 fully saturated rings. The first-order valence-corrected chi connectivity index (χ1v) is 10.5. The number of hydrogen-bond donors (Lipinski definition) is 12. The van der Waals surface area contributed by atoms with Gasteiger partial charge >= 0.3 is 82.0 Å². The van der Waals surface area contributed by atoms with Crippen molar-refractivity contribution in [3.8, 4) is 0 Å². The Labute approximate surface area is 166 Å². The molecule has 0 aromatic carbocycles. The maximum atomic E-state index is 8.58.